The fourth-order valence-corrected chi connectivity index (χ4v) is 2.82. The average molecular weight is 374 g/mol. The first-order valence-corrected chi connectivity index (χ1v) is 7.54. The van der Waals surface area contributed by atoms with E-state index in [9.17, 15) is 15.3 Å². The lowest BCUT2D eigenvalue weighted by molar-refractivity contribution is -0.277. The maximum atomic E-state index is 9.98. The van der Waals surface area contributed by atoms with Crippen molar-refractivity contribution in [2.45, 2.75) is 30.7 Å². The Kier molecular flexibility index (Phi) is 4.40. The molecule has 1 fully saturated rings. The lowest BCUT2D eigenvalue weighted by Crippen LogP contribution is -2.60. The molecule has 22 heavy (non-hydrogen) atoms. The van der Waals surface area contributed by atoms with Gasteiger partial charge in [0.2, 0.25) is 6.29 Å². The molecule has 0 aliphatic carbocycles. The van der Waals surface area contributed by atoms with Crippen LogP contribution in [-0.4, -0.2) is 62.7 Å². The zero-order chi connectivity index (χ0) is 15.9. The van der Waals surface area contributed by atoms with Crippen LogP contribution in [-0.2, 0) is 4.74 Å². The van der Waals surface area contributed by atoms with Gasteiger partial charge in [-0.05, 0) is 18.2 Å². The Morgan fingerprint density at radius 3 is 2.68 bits per heavy atom. The quantitative estimate of drug-likeness (QED) is 0.521. The molecule has 0 amide bonds. The van der Waals surface area contributed by atoms with E-state index in [4.69, 9.17) is 14.6 Å². The Hall–Kier alpha value is -1.16. The van der Waals surface area contributed by atoms with Crippen LogP contribution in [0.2, 0.25) is 0 Å². The third-order valence-corrected chi connectivity index (χ3v) is 4.19. The van der Waals surface area contributed by atoms with E-state index in [1.807, 2.05) is 18.2 Å². The second-order valence-corrected chi connectivity index (χ2v) is 6.07. The van der Waals surface area contributed by atoms with Crippen molar-refractivity contribution in [3.63, 3.8) is 0 Å². The number of rotatable bonds is 3. The maximum absolute atomic E-state index is 9.98. The molecule has 3 rings (SSSR count). The van der Waals surface area contributed by atoms with Crippen molar-refractivity contribution in [1.29, 1.82) is 0 Å². The molecule has 120 valence electrons. The molecule has 8 heteroatoms. The van der Waals surface area contributed by atoms with E-state index in [2.05, 4.69) is 20.9 Å². The predicted molar refractivity (Wildman–Crippen MR) is 80.4 cm³/mol. The summed E-state index contributed by atoms with van der Waals surface area (Å²) < 4.78 is 11.8. The Bertz CT molecular complexity index is 660. The van der Waals surface area contributed by atoms with Crippen LogP contribution in [0.25, 0.3) is 10.9 Å². The summed E-state index contributed by atoms with van der Waals surface area (Å²) in [4.78, 5) is 3.03. The molecule has 1 aliphatic heterocycles. The molecule has 1 saturated heterocycles. The fourth-order valence-electron chi connectivity index (χ4n) is 2.46. The van der Waals surface area contributed by atoms with E-state index >= 15 is 0 Å². The molecule has 5 N–H and O–H groups in total. The number of hydrogen-bond donors (Lipinski definition) is 5. The zero-order valence-corrected chi connectivity index (χ0v) is 13.0. The third kappa shape index (κ3) is 2.73. The van der Waals surface area contributed by atoms with E-state index < -0.39 is 37.3 Å². The van der Waals surface area contributed by atoms with Crippen LogP contribution in [0.15, 0.2) is 28.9 Å². The summed E-state index contributed by atoms with van der Waals surface area (Å²) in [6.07, 6.45) is -4.88. The van der Waals surface area contributed by atoms with Gasteiger partial charge in [0.15, 0.2) is 0 Å². The van der Waals surface area contributed by atoms with Gasteiger partial charge in [0.05, 0.1) is 12.1 Å². The number of aliphatic hydroxyl groups is 4. The van der Waals surface area contributed by atoms with Crippen LogP contribution >= 0.6 is 15.9 Å². The molecule has 0 spiro atoms. The molecule has 0 radical (unpaired) electrons. The minimum absolute atomic E-state index is 0.437. The van der Waals surface area contributed by atoms with E-state index in [1.165, 1.54) is 0 Å². The summed E-state index contributed by atoms with van der Waals surface area (Å²) >= 11 is 3.37. The number of H-pyrrole nitrogens is 1. The lowest BCUT2D eigenvalue weighted by atomic mass is 9.99. The summed E-state index contributed by atoms with van der Waals surface area (Å²) in [7, 11) is 0. The highest BCUT2D eigenvalue weighted by molar-refractivity contribution is 9.10. The molecular weight excluding hydrogens is 358 g/mol. The largest absolute Gasteiger partial charge is 0.460 e. The number of hydrogen-bond acceptors (Lipinski definition) is 6. The number of fused-ring (bicyclic) bond motifs is 1. The number of aromatic nitrogens is 1. The monoisotopic (exact) mass is 373 g/mol. The minimum Gasteiger partial charge on any atom is -0.460 e. The second kappa shape index (κ2) is 6.15. The highest BCUT2D eigenvalue weighted by Crippen LogP contribution is 2.31. The van der Waals surface area contributed by atoms with E-state index in [0.29, 0.717) is 5.75 Å². The SMILES string of the molecule is OC[C@H]1OC(Oc2c[nH]c3cc(Br)ccc23)[C@@H](O)[C@@H](O)[C@@H]1O. The van der Waals surface area contributed by atoms with Crippen molar-refractivity contribution in [3.8, 4) is 5.75 Å². The van der Waals surface area contributed by atoms with Gasteiger partial charge < -0.3 is 34.9 Å². The van der Waals surface area contributed by atoms with Gasteiger partial charge in [-0.1, -0.05) is 15.9 Å². The molecule has 1 aromatic heterocycles. The zero-order valence-electron chi connectivity index (χ0n) is 11.4. The Morgan fingerprint density at radius 2 is 1.95 bits per heavy atom. The van der Waals surface area contributed by atoms with Crippen molar-refractivity contribution in [2.24, 2.45) is 0 Å². The predicted octanol–water partition coefficient (Wildman–Crippen LogP) is 0.109. The average Bonchev–Trinajstić information content (AvgIpc) is 2.90. The van der Waals surface area contributed by atoms with Gasteiger partial charge >= 0.3 is 0 Å². The molecule has 2 heterocycles. The molecule has 1 aromatic carbocycles. The molecular formula is C14H16BrNO6. The van der Waals surface area contributed by atoms with Crippen molar-refractivity contribution in [3.05, 3.63) is 28.9 Å². The molecule has 1 aliphatic rings. The molecule has 0 saturated carbocycles. The van der Waals surface area contributed by atoms with E-state index in [1.54, 1.807) is 6.20 Å². The Morgan fingerprint density at radius 1 is 1.18 bits per heavy atom. The topological polar surface area (TPSA) is 115 Å². The number of halogens is 1. The third-order valence-electron chi connectivity index (χ3n) is 3.70. The van der Waals surface area contributed by atoms with E-state index in [-0.39, 0.29) is 0 Å². The van der Waals surface area contributed by atoms with Gasteiger partial charge in [-0.25, -0.2) is 0 Å². The van der Waals surface area contributed by atoms with Crippen molar-refractivity contribution in [2.75, 3.05) is 6.61 Å². The second-order valence-electron chi connectivity index (χ2n) is 5.16. The normalized spacial score (nSPS) is 32.3. The van der Waals surface area contributed by atoms with Gasteiger partial charge in [0, 0.05) is 16.1 Å². The smallest absolute Gasteiger partial charge is 0.229 e. The van der Waals surface area contributed by atoms with Crippen LogP contribution in [0, 0.1) is 0 Å². The number of aliphatic hydroxyl groups excluding tert-OH is 4. The van der Waals surface area contributed by atoms with Crippen LogP contribution in [0.5, 0.6) is 5.75 Å². The number of aromatic amines is 1. The summed E-state index contributed by atoms with van der Waals surface area (Å²) in [5.41, 5.74) is 0.828. The van der Waals surface area contributed by atoms with E-state index in [0.717, 1.165) is 15.4 Å². The molecule has 1 unspecified atom stereocenters. The van der Waals surface area contributed by atoms with Crippen LogP contribution in [0.1, 0.15) is 0 Å². The van der Waals surface area contributed by atoms with Gasteiger partial charge in [-0.15, -0.1) is 0 Å². The van der Waals surface area contributed by atoms with Gasteiger partial charge in [-0.3, -0.25) is 0 Å². The Labute approximate surface area is 134 Å². The Balaban J connectivity index is 1.84. The summed E-state index contributed by atoms with van der Waals surface area (Å²) in [6.45, 7) is -0.494. The number of nitrogens with one attached hydrogen (secondary N) is 1. The summed E-state index contributed by atoms with van der Waals surface area (Å²) in [5.74, 6) is 0.437. The first-order chi connectivity index (χ1) is 10.5. The van der Waals surface area contributed by atoms with Crippen molar-refractivity contribution < 1.29 is 29.9 Å². The highest BCUT2D eigenvalue weighted by Gasteiger charge is 2.44. The first kappa shape index (κ1) is 15.7. The standard InChI is InChI=1S/C14H16BrNO6/c15-6-1-2-7-8(3-6)16-4-9(7)21-14-13(20)12(19)11(18)10(5-17)22-14/h1-4,10-14,16-20H,5H2/t10-,11-,12+,13+,14?/m1/s1. The first-order valence-electron chi connectivity index (χ1n) is 6.75. The minimum atomic E-state index is -1.46. The highest BCUT2D eigenvalue weighted by atomic mass is 79.9. The van der Waals surface area contributed by atoms with Crippen molar-refractivity contribution >= 4 is 26.8 Å². The van der Waals surface area contributed by atoms with Gasteiger partial charge in [-0.2, -0.15) is 0 Å². The number of ether oxygens (including phenoxy) is 2. The van der Waals surface area contributed by atoms with Crippen molar-refractivity contribution in [1.82, 2.24) is 4.98 Å². The molecule has 5 atom stereocenters. The molecule has 0 bridgehead atoms. The molecule has 2 aromatic rings. The fraction of sp³-hybridized carbons (Fsp3) is 0.429. The maximum Gasteiger partial charge on any atom is 0.229 e. The molecule has 7 nitrogen and oxygen atoms in total. The van der Waals surface area contributed by atoms with Crippen LogP contribution in [0.3, 0.4) is 0 Å². The van der Waals surface area contributed by atoms with Crippen LogP contribution in [0.4, 0.5) is 0 Å². The lowest BCUT2D eigenvalue weighted by Gasteiger charge is -2.39. The summed E-state index contributed by atoms with van der Waals surface area (Å²) in [5, 5.41) is 39.4. The summed E-state index contributed by atoms with van der Waals surface area (Å²) in [6, 6.07) is 5.54. The van der Waals surface area contributed by atoms with Gasteiger partial charge in [0.25, 0.3) is 0 Å². The van der Waals surface area contributed by atoms with Gasteiger partial charge in [0.1, 0.15) is 30.2 Å². The van der Waals surface area contributed by atoms with Crippen LogP contribution < -0.4 is 4.74 Å². The number of benzene rings is 1.